The number of nitrogens with one attached hydrogen (secondary N) is 1. The molecule has 0 radical (unpaired) electrons. The largest absolute Gasteiger partial charge is 0.392 e. The molecule has 0 fully saturated rings. The van der Waals surface area contributed by atoms with Gasteiger partial charge in [0.1, 0.15) is 4.90 Å². The third-order valence-electron chi connectivity index (χ3n) is 2.48. The molecule has 0 bridgehead atoms. The van der Waals surface area contributed by atoms with Crippen molar-refractivity contribution in [1.82, 2.24) is 4.98 Å². The standard InChI is InChI=1S/C12H10Br2N2O3S/c13-9-2-1-8(7-17)5-12(9)20(18,19)16-11-3-4-15-6-10(11)14/h1-6,17H,7H2,(H,15,16). The van der Waals surface area contributed by atoms with E-state index in [9.17, 15) is 8.42 Å². The Balaban J connectivity index is 2.43. The van der Waals surface area contributed by atoms with Crippen LogP contribution in [0.15, 0.2) is 50.5 Å². The summed E-state index contributed by atoms with van der Waals surface area (Å²) in [7, 11) is -3.76. The number of nitrogens with zero attached hydrogens (tertiary/aromatic N) is 1. The maximum absolute atomic E-state index is 12.4. The molecule has 5 nitrogen and oxygen atoms in total. The Kier molecular flexibility index (Phi) is 4.79. The highest BCUT2D eigenvalue weighted by atomic mass is 79.9. The molecule has 0 aliphatic rings. The second-order valence-corrected chi connectivity index (χ2v) is 7.24. The van der Waals surface area contributed by atoms with Crippen molar-refractivity contribution < 1.29 is 13.5 Å². The molecule has 0 spiro atoms. The van der Waals surface area contributed by atoms with E-state index in [4.69, 9.17) is 5.11 Å². The SMILES string of the molecule is O=S(=O)(Nc1ccncc1Br)c1cc(CO)ccc1Br. The number of anilines is 1. The Bertz CT molecular complexity index is 735. The van der Waals surface area contributed by atoms with E-state index in [2.05, 4.69) is 41.6 Å². The molecule has 20 heavy (non-hydrogen) atoms. The number of aliphatic hydroxyl groups excluding tert-OH is 1. The fourth-order valence-electron chi connectivity index (χ4n) is 1.51. The van der Waals surface area contributed by atoms with E-state index in [1.807, 2.05) is 0 Å². The van der Waals surface area contributed by atoms with Gasteiger partial charge in [-0.25, -0.2) is 8.42 Å². The molecule has 0 saturated heterocycles. The number of rotatable bonds is 4. The van der Waals surface area contributed by atoms with E-state index >= 15 is 0 Å². The van der Waals surface area contributed by atoms with Crippen molar-refractivity contribution in [3.05, 3.63) is 51.2 Å². The van der Waals surface area contributed by atoms with Gasteiger partial charge in [0.25, 0.3) is 10.0 Å². The topological polar surface area (TPSA) is 79.3 Å². The third-order valence-corrected chi connectivity index (χ3v) is 5.48. The first-order chi connectivity index (χ1) is 9.44. The zero-order valence-electron chi connectivity index (χ0n) is 10.0. The lowest BCUT2D eigenvalue weighted by molar-refractivity contribution is 0.281. The molecule has 0 unspecified atom stereocenters. The van der Waals surface area contributed by atoms with Crippen molar-refractivity contribution in [2.45, 2.75) is 11.5 Å². The molecule has 0 amide bonds. The molecule has 106 valence electrons. The molecule has 1 heterocycles. The maximum atomic E-state index is 12.4. The molecule has 0 aliphatic heterocycles. The number of hydrogen-bond donors (Lipinski definition) is 2. The molecule has 8 heteroatoms. The van der Waals surface area contributed by atoms with Gasteiger partial charge in [0.15, 0.2) is 0 Å². The quantitative estimate of drug-likeness (QED) is 0.795. The van der Waals surface area contributed by atoms with Gasteiger partial charge in [-0.05, 0) is 55.6 Å². The summed E-state index contributed by atoms with van der Waals surface area (Å²) >= 11 is 6.43. The smallest absolute Gasteiger partial charge is 0.263 e. The molecule has 0 saturated carbocycles. The average Bonchev–Trinajstić information content (AvgIpc) is 2.41. The summed E-state index contributed by atoms with van der Waals surface area (Å²) in [4.78, 5) is 3.93. The minimum absolute atomic E-state index is 0.0627. The van der Waals surface area contributed by atoms with Crippen LogP contribution in [0.2, 0.25) is 0 Å². The highest BCUT2D eigenvalue weighted by Gasteiger charge is 2.19. The van der Waals surface area contributed by atoms with Crippen LogP contribution >= 0.6 is 31.9 Å². The first-order valence-corrected chi connectivity index (χ1v) is 8.52. The Labute approximate surface area is 133 Å². The third kappa shape index (κ3) is 3.38. The van der Waals surface area contributed by atoms with E-state index in [1.54, 1.807) is 18.2 Å². The molecule has 0 atom stereocenters. The number of sulfonamides is 1. The van der Waals surface area contributed by atoms with Gasteiger partial charge in [0.05, 0.1) is 16.8 Å². The Morgan fingerprint density at radius 2 is 1.95 bits per heavy atom. The highest BCUT2D eigenvalue weighted by molar-refractivity contribution is 9.11. The van der Waals surface area contributed by atoms with Gasteiger partial charge in [0, 0.05) is 16.9 Å². The summed E-state index contributed by atoms with van der Waals surface area (Å²) in [6.45, 7) is -0.227. The van der Waals surface area contributed by atoms with Crippen molar-refractivity contribution in [1.29, 1.82) is 0 Å². The minimum Gasteiger partial charge on any atom is -0.392 e. The van der Waals surface area contributed by atoms with E-state index in [0.29, 0.717) is 20.2 Å². The second-order valence-electron chi connectivity index (χ2n) is 3.88. The molecule has 1 aromatic carbocycles. The second kappa shape index (κ2) is 6.21. The molecule has 2 N–H and O–H groups in total. The average molecular weight is 422 g/mol. The van der Waals surface area contributed by atoms with Crippen molar-refractivity contribution in [3.63, 3.8) is 0 Å². The van der Waals surface area contributed by atoms with E-state index in [0.717, 1.165) is 0 Å². The van der Waals surface area contributed by atoms with Crippen LogP contribution in [0.4, 0.5) is 5.69 Å². The Morgan fingerprint density at radius 1 is 1.20 bits per heavy atom. The minimum atomic E-state index is -3.76. The highest BCUT2D eigenvalue weighted by Crippen LogP contribution is 2.28. The Morgan fingerprint density at radius 3 is 2.60 bits per heavy atom. The molecular formula is C12H10Br2N2O3S. The monoisotopic (exact) mass is 420 g/mol. The van der Waals surface area contributed by atoms with E-state index < -0.39 is 10.0 Å². The lowest BCUT2D eigenvalue weighted by Gasteiger charge is -2.11. The molecule has 2 aromatic rings. The van der Waals surface area contributed by atoms with E-state index in [-0.39, 0.29) is 11.5 Å². The predicted octanol–water partition coefficient (Wildman–Crippen LogP) is 2.90. The van der Waals surface area contributed by atoms with Crippen molar-refractivity contribution in [2.24, 2.45) is 0 Å². The predicted molar refractivity (Wildman–Crippen MR) is 82.8 cm³/mol. The summed E-state index contributed by atoms with van der Waals surface area (Å²) in [5.41, 5.74) is 0.906. The van der Waals surface area contributed by atoms with Gasteiger partial charge in [-0.1, -0.05) is 6.07 Å². The van der Waals surface area contributed by atoms with Gasteiger partial charge in [0.2, 0.25) is 0 Å². The van der Waals surface area contributed by atoms with Crippen LogP contribution in [0.25, 0.3) is 0 Å². The maximum Gasteiger partial charge on any atom is 0.263 e. The lowest BCUT2D eigenvalue weighted by atomic mass is 10.2. The van der Waals surface area contributed by atoms with Gasteiger partial charge in [-0.3, -0.25) is 9.71 Å². The molecular weight excluding hydrogens is 412 g/mol. The lowest BCUT2D eigenvalue weighted by Crippen LogP contribution is -2.14. The van der Waals surface area contributed by atoms with Crippen LogP contribution in [-0.2, 0) is 16.6 Å². The fraction of sp³-hybridized carbons (Fsp3) is 0.0833. The van der Waals surface area contributed by atoms with Crippen molar-refractivity contribution >= 4 is 47.6 Å². The van der Waals surface area contributed by atoms with E-state index in [1.165, 1.54) is 18.5 Å². The summed E-state index contributed by atoms with van der Waals surface area (Å²) < 4.78 is 28.2. The van der Waals surface area contributed by atoms with Crippen molar-refractivity contribution in [3.8, 4) is 0 Å². The summed E-state index contributed by atoms with van der Waals surface area (Å²) in [6.07, 6.45) is 2.98. The van der Waals surface area contributed by atoms with Crippen LogP contribution in [0.5, 0.6) is 0 Å². The van der Waals surface area contributed by atoms with Crippen LogP contribution in [0.1, 0.15) is 5.56 Å². The number of pyridine rings is 1. The van der Waals surface area contributed by atoms with Gasteiger partial charge in [-0.2, -0.15) is 0 Å². The number of aliphatic hydroxyl groups is 1. The number of hydrogen-bond acceptors (Lipinski definition) is 4. The number of aromatic nitrogens is 1. The molecule has 1 aromatic heterocycles. The van der Waals surface area contributed by atoms with Gasteiger partial charge >= 0.3 is 0 Å². The summed E-state index contributed by atoms with van der Waals surface area (Å²) in [5.74, 6) is 0. The first-order valence-electron chi connectivity index (χ1n) is 5.45. The zero-order chi connectivity index (χ0) is 14.8. The van der Waals surface area contributed by atoms with Crippen LogP contribution < -0.4 is 4.72 Å². The van der Waals surface area contributed by atoms with Crippen LogP contribution in [0, 0.1) is 0 Å². The zero-order valence-corrected chi connectivity index (χ0v) is 14.0. The van der Waals surface area contributed by atoms with Crippen LogP contribution in [-0.4, -0.2) is 18.5 Å². The number of halogens is 2. The van der Waals surface area contributed by atoms with Crippen molar-refractivity contribution in [2.75, 3.05) is 4.72 Å². The normalized spacial score (nSPS) is 11.3. The van der Waals surface area contributed by atoms with Crippen LogP contribution in [0.3, 0.4) is 0 Å². The number of benzene rings is 1. The Hall–Kier alpha value is -0.960. The molecule has 2 rings (SSSR count). The summed E-state index contributed by atoms with van der Waals surface area (Å²) in [6, 6.07) is 6.19. The molecule has 0 aliphatic carbocycles. The summed E-state index contributed by atoms with van der Waals surface area (Å²) in [5, 5.41) is 9.11. The first kappa shape index (κ1) is 15.4. The van der Waals surface area contributed by atoms with Gasteiger partial charge in [-0.15, -0.1) is 0 Å². The van der Waals surface area contributed by atoms with Gasteiger partial charge < -0.3 is 5.11 Å². The fourth-order valence-corrected chi connectivity index (χ4v) is 4.09.